The fourth-order valence-corrected chi connectivity index (χ4v) is 4.77. The summed E-state index contributed by atoms with van der Waals surface area (Å²) in [5.74, 6) is 2.50. The number of hydrogen-bond acceptors (Lipinski definition) is 4. The van der Waals surface area contributed by atoms with E-state index in [4.69, 9.17) is 4.74 Å². The Morgan fingerprint density at radius 2 is 2.26 bits per heavy atom. The minimum absolute atomic E-state index is 0.214. The maximum atomic E-state index is 6.09. The van der Waals surface area contributed by atoms with Gasteiger partial charge in [-0.3, -0.25) is 4.90 Å². The van der Waals surface area contributed by atoms with Gasteiger partial charge in [-0.2, -0.15) is 11.8 Å². The number of rotatable bonds is 5. The SMILES string of the molecule is CC(CNC1CCOC2(CCSC2)C1)N(C)C1CC1. The van der Waals surface area contributed by atoms with Gasteiger partial charge in [-0.25, -0.2) is 0 Å². The van der Waals surface area contributed by atoms with Crippen LogP contribution in [0.15, 0.2) is 0 Å². The molecule has 1 spiro atoms. The number of ether oxygens (including phenoxy) is 1. The Balaban J connectivity index is 1.44. The molecule has 2 saturated heterocycles. The van der Waals surface area contributed by atoms with Crippen molar-refractivity contribution in [1.29, 1.82) is 0 Å². The first-order valence-electron chi connectivity index (χ1n) is 7.86. The van der Waals surface area contributed by atoms with E-state index in [1.807, 2.05) is 0 Å². The first-order valence-corrected chi connectivity index (χ1v) is 9.01. The van der Waals surface area contributed by atoms with Crippen molar-refractivity contribution < 1.29 is 4.74 Å². The lowest BCUT2D eigenvalue weighted by Crippen LogP contribution is -2.50. The molecule has 2 heterocycles. The van der Waals surface area contributed by atoms with Gasteiger partial charge < -0.3 is 10.1 Å². The molecule has 1 aliphatic carbocycles. The van der Waals surface area contributed by atoms with Crippen LogP contribution in [-0.2, 0) is 4.74 Å². The molecule has 0 aromatic heterocycles. The highest BCUT2D eigenvalue weighted by Crippen LogP contribution is 2.38. The topological polar surface area (TPSA) is 24.5 Å². The molecule has 19 heavy (non-hydrogen) atoms. The molecular formula is C15H28N2OS. The van der Waals surface area contributed by atoms with E-state index in [-0.39, 0.29) is 5.60 Å². The summed E-state index contributed by atoms with van der Waals surface area (Å²) in [5, 5.41) is 3.81. The van der Waals surface area contributed by atoms with Crippen molar-refractivity contribution >= 4 is 11.8 Å². The molecule has 0 aromatic carbocycles. The third kappa shape index (κ3) is 3.46. The zero-order valence-corrected chi connectivity index (χ0v) is 13.2. The lowest BCUT2D eigenvalue weighted by Gasteiger charge is -2.39. The highest BCUT2D eigenvalue weighted by atomic mass is 32.2. The van der Waals surface area contributed by atoms with Crippen LogP contribution < -0.4 is 5.32 Å². The standard InChI is InChI=1S/C15H28N2OS/c1-12(17(2)14-3-4-14)10-16-13-5-7-18-15(9-13)6-8-19-11-15/h12-14,16H,3-11H2,1-2H3. The fourth-order valence-electron chi connectivity index (χ4n) is 3.39. The molecule has 0 radical (unpaired) electrons. The lowest BCUT2D eigenvalue weighted by molar-refractivity contribution is -0.0705. The quantitative estimate of drug-likeness (QED) is 0.836. The predicted octanol–water partition coefficient (Wildman–Crippen LogP) is 2.11. The second-order valence-electron chi connectivity index (χ2n) is 6.68. The van der Waals surface area contributed by atoms with Crippen LogP contribution >= 0.6 is 11.8 Å². The van der Waals surface area contributed by atoms with Crippen LogP contribution in [0.1, 0.15) is 39.0 Å². The van der Waals surface area contributed by atoms with Crippen LogP contribution in [0, 0.1) is 0 Å². The van der Waals surface area contributed by atoms with Crippen LogP contribution in [0.5, 0.6) is 0 Å². The predicted molar refractivity (Wildman–Crippen MR) is 81.9 cm³/mol. The monoisotopic (exact) mass is 284 g/mol. The minimum atomic E-state index is 0.214. The van der Waals surface area contributed by atoms with Crippen LogP contribution in [0.4, 0.5) is 0 Å². The first kappa shape index (κ1) is 14.2. The Kier molecular flexibility index (Phi) is 4.42. The largest absolute Gasteiger partial charge is 0.374 e. The van der Waals surface area contributed by atoms with Crippen molar-refractivity contribution in [3.8, 4) is 0 Å². The van der Waals surface area contributed by atoms with E-state index in [2.05, 4.69) is 35.9 Å². The summed E-state index contributed by atoms with van der Waals surface area (Å²) in [6.45, 7) is 4.43. The smallest absolute Gasteiger partial charge is 0.0795 e. The van der Waals surface area contributed by atoms with Gasteiger partial charge >= 0.3 is 0 Å². The van der Waals surface area contributed by atoms with Crippen molar-refractivity contribution in [3.63, 3.8) is 0 Å². The summed E-state index contributed by atoms with van der Waals surface area (Å²) in [6.07, 6.45) is 6.47. The lowest BCUT2D eigenvalue weighted by atomic mass is 9.90. The molecule has 2 aliphatic heterocycles. The summed E-state index contributed by atoms with van der Waals surface area (Å²) < 4.78 is 6.09. The Labute approximate surface area is 121 Å². The highest BCUT2D eigenvalue weighted by Gasteiger charge is 2.40. The van der Waals surface area contributed by atoms with E-state index in [9.17, 15) is 0 Å². The summed E-state index contributed by atoms with van der Waals surface area (Å²) in [6, 6.07) is 2.19. The van der Waals surface area contributed by atoms with E-state index in [1.54, 1.807) is 0 Å². The molecule has 0 bridgehead atoms. The van der Waals surface area contributed by atoms with E-state index in [0.29, 0.717) is 12.1 Å². The van der Waals surface area contributed by atoms with Gasteiger partial charge in [0.05, 0.1) is 5.60 Å². The fraction of sp³-hybridized carbons (Fsp3) is 1.00. The molecule has 3 unspecified atom stereocenters. The number of hydrogen-bond donors (Lipinski definition) is 1. The molecule has 0 amide bonds. The molecule has 1 N–H and O–H groups in total. The summed E-state index contributed by atoms with van der Waals surface area (Å²) >= 11 is 2.06. The minimum Gasteiger partial charge on any atom is -0.374 e. The maximum Gasteiger partial charge on any atom is 0.0795 e. The molecule has 0 aromatic rings. The maximum absolute atomic E-state index is 6.09. The zero-order chi connectivity index (χ0) is 13.3. The van der Waals surface area contributed by atoms with Gasteiger partial charge in [0.2, 0.25) is 0 Å². The van der Waals surface area contributed by atoms with Crippen molar-refractivity contribution in [2.24, 2.45) is 0 Å². The van der Waals surface area contributed by atoms with Crippen molar-refractivity contribution in [1.82, 2.24) is 10.2 Å². The number of nitrogens with zero attached hydrogens (tertiary/aromatic N) is 1. The molecule has 4 heteroatoms. The Morgan fingerprint density at radius 1 is 1.42 bits per heavy atom. The molecular weight excluding hydrogens is 256 g/mol. The molecule has 110 valence electrons. The Hall–Kier alpha value is 0.230. The molecule has 3 aliphatic rings. The molecule has 3 rings (SSSR count). The number of likely N-dealkylation sites (N-methyl/N-ethyl adjacent to an activating group) is 1. The van der Waals surface area contributed by atoms with Gasteiger partial charge in [0, 0.05) is 37.0 Å². The molecule has 3 fully saturated rings. The average molecular weight is 284 g/mol. The van der Waals surface area contributed by atoms with E-state index in [1.165, 1.54) is 43.6 Å². The summed E-state index contributed by atoms with van der Waals surface area (Å²) in [4.78, 5) is 2.55. The van der Waals surface area contributed by atoms with Gasteiger partial charge in [0.1, 0.15) is 0 Å². The van der Waals surface area contributed by atoms with Crippen molar-refractivity contribution in [3.05, 3.63) is 0 Å². The van der Waals surface area contributed by atoms with Gasteiger partial charge in [0.25, 0.3) is 0 Å². The average Bonchev–Trinajstić information content (AvgIpc) is 3.18. The second kappa shape index (κ2) is 5.92. The molecule has 3 atom stereocenters. The van der Waals surface area contributed by atoms with Gasteiger partial charge in [0.15, 0.2) is 0 Å². The van der Waals surface area contributed by atoms with Gasteiger partial charge in [-0.05, 0) is 51.8 Å². The normalized spacial score (nSPS) is 37.1. The van der Waals surface area contributed by atoms with Crippen LogP contribution in [0.3, 0.4) is 0 Å². The summed E-state index contributed by atoms with van der Waals surface area (Å²) in [7, 11) is 2.28. The molecule has 1 saturated carbocycles. The Morgan fingerprint density at radius 3 is 2.95 bits per heavy atom. The van der Waals surface area contributed by atoms with E-state index in [0.717, 1.165) is 19.2 Å². The Bertz CT molecular complexity index is 303. The van der Waals surface area contributed by atoms with Crippen molar-refractivity contribution in [2.45, 2.75) is 62.8 Å². The number of thioether (sulfide) groups is 1. The van der Waals surface area contributed by atoms with Crippen LogP contribution in [0.2, 0.25) is 0 Å². The van der Waals surface area contributed by atoms with Crippen molar-refractivity contribution in [2.75, 3.05) is 31.7 Å². The zero-order valence-electron chi connectivity index (χ0n) is 12.4. The van der Waals surface area contributed by atoms with E-state index < -0.39 is 0 Å². The third-order valence-electron chi connectivity index (χ3n) is 5.08. The highest BCUT2D eigenvalue weighted by molar-refractivity contribution is 7.99. The second-order valence-corrected chi connectivity index (χ2v) is 7.78. The first-order chi connectivity index (χ1) is 9.19. The number of nitrogens with one attached hydrogen (secondary N) is 1. The van der Waals surface area contributed by atoms with E-state index >= 15 is 0 Å². The molecule has 3 nitrogen and oxygen atoms in total. The van der Waals surface area contributed by atoms with Gasteiger partial charge in [-0.15, -0.1) is 0 Å². The third-order valence-corrected chi connectivity index (χ3v) is 6.30. The van der Waals surface area contributed by atoms with Gasteiger partial charge in [-0.1, -0.05) is 0 Å². The van der Waals surface area contributed by atoms with Crippen LogP contribution in [0.25, 0.3) is 0 Å². The van der Waals surface area contributed by atoms with Crippen LogP contribution in [-0.4, -0.2) is 60.3 Å². The summed E-state index contributed by atoms with van der Waals surface area (Å²) in [5.41, 5.74) is 0.214.